The smallest absolute Gasteiger partial charge is 0.0252 e. The van der Waals surface area contributed by atoms with Crippen molar-refractivity contribution >= 4 is 0 Å². The van der Waals surface area contributed by atoms with E-state index in [0.29, 0.717) is 0 Å². The fourth-order valence-corrected chi connectivity index (χ4v) is 4.31. The molecule has 3 rings (SSSR count). The minimum Gasteiger partial charge on any atom is -0.312 e. The van der Waals surface area contributed by atoms with Gasteiger partial charge in [0.05, 0.1) is 0 Å². The van der Waals surface area contributed by atoms with Crippen LogP contribution in [0.3, 0.4) is 0 Å². The van der Waals surface area contributed by atoms with Gasteiger partial charge < -0.3 is 10.2 Å². The molecule has 0 aromatic carbocycles. The van der Waals surface area contributed by atoms with Crippen LogP contribution in [0, 0.1) is 0 Å². The molecule has 18 heavy (non-hydrogen) atoms. The predicted octanol–water partition coefficient (Wildman–Crippen LogP) is 1.69. The van der Waals surface area contributed by atoms with E-state index in [2.05, 4.69) is 22.2 Å². The fraction of sp³-hybridized carbons (Fsp3) is 1.00. The van der Waals surface area contributed by atoms with Crippen molar-refractivity contribution in [1.82, 2.24) is 15.1 Å². The van der Waals surface area contributed by atoms with Gasteiger partial charge in [0.1, 0.15) is 0 Å². The summed E-state index contributed by atoms with van der Waals surface area (Å²) in [5.41, 5.74) is 0. The molecule has 3 aliphatic heterocycles. The van der Waals surface area contributed by atoms with Gasteiger partial charge in [-0.05, 0) is 65.2 Å². The van der Waals surface area contributed by atoms with Crippen LogP contribution in [0.25, 0.3) is 0 Å². The van der Waals surface area contributed by atoms with E-state index in [4.69, 9.17) is 0 Å². The molecule has 0 bridgehead atoms. The SMILES string of the molecule is CN1CCCC(N2CCCCC2C2CCCN2)C1. The van der Waals surface area contributed by atoms with Gasteiger partial charge >= 0.3 is 0 Å². The molecule has 3 aliphatic rings. The van der Waals surface area contributed by atoms with E-state index in [1.54, 1.807) is 0 Å². The molecule has 0 radical (unpaired) electrons. The van der Waals surface area contributed by atoms with E-state index in [-0.39, 0.29) is 0 Å². The molecule has 0 spiro atoms. The molecule has 0 aromatic rings. The third-order valence-electron chi connectivity index (χ3n) is 5.22. The first kappa shape index (κ1) is 12.9. The number of hydrogen-bond donors (Lipinski definition) is 1. The van der Waals surface area contributed by atoms with Crippen molar-refractivity contribution in [3.05, 3.63) is 0 Å². The second kappa shape index (κ2) is 5.89. The Morgan fingerprint density at radius 2 is 1.89 bits per heavy atom. The van der Waals surface area contributed by atoms with E-state index in [1.807, 2.05) is 0 Å². The van der Waals surface area contributed by atoms with Gasteiger partial charge in [-0.3, -0.25) is 4.90 Å². The number of nitrogens with zero attached hydrogens (tertiary/aromatic N) is 2. The van der Waals surface area contributed by atoms with Gasteiger partial charge in [0.25, 0.3) is 0 Å². The van der Waals surface area contributed by atoms with E-state index < -0.39 is 0 Å². The van der Waals surface area contributed by atoms with Crippen molar-refractivity contribution in [3.63, 3.8) is 0 Å². The average Bonchev–Trinajstić information content (AvgIpc) is 2.92. The van der Waals surface area contributed by atoms with Crippen molar-refractivity contribution in [3.8, 4) is 0 Å². The first-order valence-corrected chi connectivity index (χ1v) is 8.02. The summed E-state index contributed by atoms with van der Waals surface area (Å²) >= 11 is 0. The van der Waals surface area contributed by atoms with Crippen molar-refractivity contribution in [2.45, 2.75) is 63.1 Å². The third-order valence-corrected chi connectivity index (χ3v) is 5.22. The molecule has 3 nitrogen and oxygen atoms in total. The van der Waals surface area contributed by atoms with Gasteiger partial charge in [-0.25, -0.2) is 0 Å². The maximum Gasteiger partial charge on any atom is 0.0252 e. The Kier molecular flexibility index (Phi) is 4.22. The lowest BCUT2D eigenvalue weighted by atomic mass is 9.91. The molecule has 0 aliphatic carbocycles. The fourth-order valence-electron chi connectivity index (χ4n) is 4.31. The van der Waals surface area contributed by atoms with Crippen LogP contribution in [0.1, 0.15) is 44.9 Å². The highest BCUT2D eigenvalue weighted by atomic mass is 15.3. The monoisotopic (exact) mass is 251 g/mol. The molecule has 0 amide bonds. The largest absolute Gasteiger partial charge is 0.312 e. The van der Waals surface area contributed by atoms with Crippen molar-refractivity contribution in [1.29, 1.82) is 0 Å². The van der Waals surface area contributed by atoms with Crippen molar-refractivity contribution in [2.24, 2.45) is 0 Å². The summed E-state index contributed by atoms with van der Waals surface area (Å²) in [5, 5.41) is 3.75. The molecular weight excluding hydrogens is 222 g/mol. The van der Waals surface area contributed by atoms with Gasteiger partial charge in [-0.2, -0.15) is 0 Å². The zero-order chi connectivity index (χ0) is 12.4. The lowest BCUT2D eigenvalue weighted by Gasteiger charge is -2.46. The molecule has 104 valence electrons. The van der Waals surface area contributed by atoms with Crippen LogP contribution in [0.15, 0.2) is 0 Å². The molecular formula is C15H29N3. The minimum atomic E-state index is 0.789. The van der Waals surface area contributed by atoms with Crippen LogP contribution in [0.5, 0.6) is 0 Å². The lowest BCUT2D eigenvalue weighted by molar-refractivity contribution is 0.0361. The first-order chi connectivity index (χ1) is 8.84. The second-order valence-corrected chi connectivity index (χ2v) is 6.56. The Hall–Kier alpha value is -0.120. The number of likely N-dealkylation sites (N-methyl/N-ethyl adjacent to an activating group) is 1. The molecule has 3 unspecified atom stereocenters. The van der Waals surface area contributed by atoms with Crippen molar-refractivity contribution in [2.75, 3.05) is 33.2 Å². The summed E-state index contributed by atoms with van der Waals surface area (Å²) in [6.45, 7) is 5.20. The van der Waals surface area contributed by atoms with E-state index >= 15 is 0 Å². The quantitative estimate of drug-likeness (QED) is 0.806. The highest BCUT2D eigenvalue weighted by Crippen LogP contribution is 2.28. The van der Waals surface area contributed by atoms with E-state index in [1.165, 1.54) is 71.1 Å². The summed E-state index contributed by atoms with van der Waals surface area (Å²) < 4.78 is 0. The summed E-state index contributed by atoms with van der Waals surface area (Å²) in [6.07, 6.45) is 9.91. The van der Waals surface area contributed by atoms with Gasteiger partial charge in [-0.15, -0.1) is 0 Å². The highest BCUT2D eigenvalue weighted by Gasteiger charge is 2.36. The molecule has 3 saturated heterocycles. The number of rotatable bonds is 2. The molecule has 0 aromatic heterocycles. The van der Waals surface area contributed by atoms with Crippen LogP contribution in [-0.4, -0.2) is 61.2 Å². The summed E-state index contributed by atoms with van der Waals surface area (Å²) in [7, 11) is 2.29. The minimum absolute atomic E-state index is 0.789. The van der Waals surface area contributed by atoms with Crippen LogP contribution < -0.4 is 5.32 Å². The summed E-state index contributed by atoms with van der Waals surface area (Å²) in [4.78, 5) is 5.41. The van der Waals surface area contributed by atoms with Crippen LogP contribution in [0.2, 0.25) is 0 Å². The summed E-state index contributed by atoms with van der Waals surface area (Å²) in [5.74, 6) is 0. The Balaban J connectivity index is 1.66. The standard InChI is InChI=1S/C15H29N3/c1-17-10-5-6-13(12-17)18-11-3-2-8-15(18)14-7-4-9-16-14/h13-16H,2-12H2,1H3. The maximum absolute atomic E-state index is 3.75. The molecule has 1 N–H and O–H groups in total. The highest BCUT2D eigenvalue weighted by molar-refractivity contribution is 4.94. The van der Waals surface area contributed by atoms with Crippen LogP contribution in [0.4, 0.5) is 0 Å². The summed E-state index contributed by atoms with van der Waals surface area (Å²) in [6, 6.07) is 2.45. The zero-order valence-corrected chi connectivity index (χ0v) is 11.9. The molecule has 3 heteroatoms. The Bertz CT molecular complexity index is 262. The Labute approximate surface area is 112 Å². The molecule has 3 atom stereocenters. The van der Waals surface area contributed by atoms with E-state index in [9.17, 15) is 0 Å². The maximum atomic E-state index is 3.75. The second-order valence-electron chi connectivity index (χ2n) is 6.56. The molecule has 3 heterocycles. The number of nitrogens with one attached hydrogen (secondary N) is 1. The van der Waals surface area contributed by atoms with Gasteiger partial charge in [0, 0.05) is 24.7 Å². The normalized spacial score (nSPS) is 40.2. The third kappa shape index (κ3) is 2.73. The van der Waals surface area contributed by atoms with Crippen LogP contribution >= 0.6 is 0 Å². The van der Waals surface area contributed by atoms with Crippen LogP contribution in [-0.2, 0) is 0 Å². The predicted molar refractivity (Wildman–Crippen MR) is 75.9 cm³/mol. The lowest BCUT2D eigenvalue weighted by Crippen LogP contribution is -2.57. The molecule has 0 saturated carbocycles. The van der Waals surface area contributed by atoms with Gasteiger partial charge in [-0.1, -0.05) is 6.42 Å². The first-order valence-electron chi connectivity index (χ1n) is 8.02. The number of hydrogen-bond acceptors (Lipinski definition) is 3. The van der Waals surface area contributed by atoms with E-state index in [0.717, 1.165) is 18.1 Å². The van der Waals surface area contributed by atoms with Gasteiger partial charge in [0.2, 0.25) is 0 Å². The molecule has 3 fully saturated rings. The van der Waals surface area contributed by atoms with Gasteiger partial charge in [0.15, 0.2) is 0 Å². The van der Waals surface area contributed by atoms with Crippen molar-refractivity contribution < 1.29 is 0 Å². The number of likely N-dealkylation sites (tertiary alicyclic amines) is 2. The zero-order valence-electron chi connectivity index (χ0n) is 11.9. The Morgan fingerprint density at radius 3 is 2.67 bits per heavy atom. The topological polar surface area (TPSA) is 18.5 Å². The number of piperidine rings is 2. The average molecular weight is 251 g/mol. The Morgan fingerprint density at radius 1 is 0.944 bits per heavy atom.